The van der Waals surface area contributed by atoms with E-state index in [2.05, 4.69) is 10.6 Å². The van der Waals surface area contributed by atoms with E-state index < -0.39 is 6.04 Å². The molecule has 1 aliphatic rings. The van der Waals surface area contributed by atoms with Crippen molar-refractivity contribution in [2.45, 2.75) is 19.4 Å². The molecule has 1 aromatic carbocycles. The number of benzene rings is 1. The zero-order valence-electron chi connectivity index (χ0n) is 16.3. The normalized spacial score (nSPS) is 16.0. The molecule has 0 radical (unpaired) electrons. The quantitative estimate of drug-likeness (QED) is 0.611. The van der Waals surface area contributed by atoms with Crippen LogP contribution in [0.3, 0.4) is 0 Å². The Hall–Kier alpha value is -2.91. The average molecular weight is 444 g/mol. The number of nitrogens with zero attached hydrogens (tertiary/aromatic N) is 1. The fourth-order valence-electron chi connectivity index (χ4n) is 2.94. The first-order chi connectivity index (χ1) is 14.4. The molecule has 30 heavy (non-hydrogen) atoms. The fourth-order valence-corrected chi connectivity index (χ4v) is 4.53. The maximum Gasteiger partial charge on any atom is 0.293 e. The van der Waals surface area contributed by atoms with E-state index in [9.17, 15) is 19.2 Å². The maximum absolute atomic E-state index is 12.5. The summed E-state index contributed by atoms with van der Waals surface area (Å²) >= 11 is 2.38. The topological polar surface area (TPSA) is 95.6 Å². The lowest BCUT2D eigenvalue weighted by atomic mass is 10.0. The van der Waals surface area contributed by atoms with Crippen molar-refractivity contribution in [2.24, 2.45) is 0 Å². The van der Waals surface area contributed by atoms with Gasteiger partial charge in [0.25, 0.3) is 11.1 Å². The van der Waals surface area contributed by atoms with Crippen LogP contribution >= 0.6 is 23.1 Å². The van der Waals surface area contributed by atoms with Crippen LogP contribution in [0.25, 0.3) is 6.08 Å². The van der Waals surface area contributed by atoms with Crippen LogP contribution in [0.4, 0.5) is 4.79 Å². The standard InChI is InChI=1S/C21H21N3O4S2/c1-14(25)23-17(15-6-3-2-4-7-15)13-19(26)22-9-10-24-20(27)18(30-21(24)28)12-16-8-5-11-29-16/h2-8,11-12,17H,9-10,13H2,1H3,(H,22,26)(H,23,25)/b18-12+. The molecule has 0 saturated carbocycles. The molecule has 0 bridgehead atoms. The van der Waals surface area contributed by atoms with Crippen LogP contribution in [0.2, 0.25) is 0 Å². The van der Waals surface area contributed by atoms with Crippen LogP contribution in [0.5, 0.6) is 0 Å². The summed E-state index contributed by atoms with van der Waals surface area (Å²) in [5, 5.41) is 7.04. The molecule has 0 spiro atoms. The fraction of sp³-hybridized carbons (Fsp3) is 0.238. The highest BCUT2D eigenvalue weighted by Crippen LogP contribution is 2.32. The van der Waals surface area contributed by atoms with Crippen LogP contribution in [-0.4, -0.2) is 41.0 Å². The molecule has 3 rings (SSSR count). The van der Waals surface area contributed by atoms with Crippen molar-refractivity contribution in [3.05, 3.63) is 63.2 Å². The number of carbonyl (C=O) groups excluding carboxylic acids is 4. The van der Waals surface area contributed by atoms with Gasteiger partial charge in [-0.3, -0.25) is 24.1 Å². The molecule has 1 saturated heterocycles. The Morgan fingerprint density at radius 1 is 1.13 bits per heavy atom. The van der Waals surface area contributed by atoms with Crippen LogP contribution in [0.15, 0.2) is 52.7 Å². The predicted molar refractivity (Wildman–Crippen MR) is 118 cm³/mol. The molecule has 156 valence electrons. The highest BCUT2D eigenvalue weighted by Gasteiger charge is 2.34. The second-order valence-electron chi connectivity index (χ2n) is 6.57. The highest BCUT2D eigenvalue weighted by molar-refractivity contribution is 8.18. The number of hydrogen-bond donors (Lipinski definition) is 2. The molecule has 2 heterocycles. The SMILES string of the molecule is CC(=O)NC(CC(=O)NCCN1C(=O)S/C(=C/c2cccs2)C1=O)c1ccccc1. The minimum Gasteiger partial charge on any atom is -0.354 e. The van der Waals surface area contributed by atoms with E-state index in [1.807, 2.05) is 47.8 Å². The van der Waals surface area contributed by atoms with E-state index in [1.165, 1.54) is 18.3 Å². The van der Waals surface area contributed by atoms with Crippen molar-refractivity contribution >= 4 is 52.1 Å². The molecule has 2 aromatic rings. The summed E-state index contributed by atoms with van der Waals surface area (Å²) in [6, 6.07) is 12.5. The van der Waals surface area contributed by atoms with Gasteiger partial charge in [0.15, 0.2) is 0 Å². The first-order valence-electron chi connectivity index (χ1n) is 9.31. The number of carbonyl (C=O) groups is 4. The molecule has 1 atom stereocenters. The van der Waals surface area contributed by atoms with Gasteiger partial charge in [0, 0.05) is 24.9 Å². The minimum absolute atomic E-state index is 0.0593. The highest BCUT2D eigenvalue weighted by atomic mass is 32.2. The average Bonchev–Trinajstić information content (AvgIpc) is 3.31. The second kappa shape index (κ2) is 10.2. The largest absolute Gasteiger partial charge is 0.354 e. The third kappa shape index (κ3) is 5.80. The first-order valence-corrected chi connectivity index (χ1v) is 11.0. The van der Waals surface area contributed by atoms with Gasteiger partial charge < -0.3 is 10.6 Å². The molecular formula is C21H21N3O4S2. The zero-order chi connectivity index (χ0) is 21.5. The summed E-state index contributed by atoms with van der Waals surface area (Å²) in [6.45, 7) is 1.64. The Labute approximate surface area is 182 Å². The molecular weight excluding hydrogens is 422 g/mol. The molecule has 0 aliphatic carbocycles. The van der Waals surface area contributed by atoms with Crippen molar-refractivity contribution in [1.29, 1.82) is 0 Å². The molecule has 2 N–H and O–H groups in total. The lowest BCUT2D eigenvalue weighted by Crippen LogP contribution is -2.38. The van der Waals surface area contributed by atoms with Crippen molar-refractivity contribution in [3.8, 4) is 0 Å². The molecule has 9 heteroatoms. The Morgan fingerprint density at radius 2 is 1.90 bits per heavy atom. The summed E-state index contributed by atoms with van der Waals surface area (Å²) < 4.78 is 0. The van der Waals surface area contributed by atoms with Gasteiger partial charge >= 0.3 is 0 Å². The minimum atomic E-state index is -0.449. The van der Waals surface area contributed by atoms with E-state index >= 15 is 0 Å². The van der Waals surface area contributed by atoms with E-state index in [4.69, 9.17) is 0 Å². The third-order valence-electron chi connectivity index (χ3n) is 4.32. The number of imide groups is 1. The van der Waals surface area contributed by atoms with Gasteiger partial charge in [-0.25, -0.2) is 0 Å². The van der Waals surface area contributed by atoms with Gasteiger partial charge in [0.05, 0.1) is 17.4 Å². The van der Waals surface area contributed by atoms with Crippen molar-refractivity contribution < 1.29 is 19.2 Å². The van der Waals surface area contributed by atoms with Gasteiger partial charge in [-0.15, -0.1) is 11.3 Å². The second-order valence-corrected chi connectivity index (χ2v) is 8.54. The smallest absolute Gasteiger partial charge is 0.293 e. The van der Waals surface area contributed by atoms with E-state index in [0.29, 0.717) is 4.91 Å². The number of amides is 4. The third-order valence-corrected chi connectivity index (χ3v) is 6.04. The van der Waals surface area contributed by atoms with Gasteiger partial charge in [-0.1, -0.05) is 36.4 Å². The number of thiophene rings is 1. The number of thioether (sulfide) groups is 1. The Morgan fingerprint density at radius 3 is 2.57 bits per heavy atom. The summed E-state index contributed by atoms with van der Waals surface area (Å²) in [7, 11) is 0. The number of rotatable bonds is 8. The van der Waals surface area contributed by atoms with E-state index in [1.54, 1.807) is 6.08 Å². The Kier molecular flexibility index (Phi) is 7.42. The monoisotopic (exact) mass is 443 g/mol. The van der Waals surface area contributed by atoms with Crippen LogP contribution in [-0.2, 0) is 14.4 Å². The summed E-state index contributed by atoms with van der Waals surface area (Å²) in [5.74, 6) is -0.862. The van der Waals surface area contributed by atoms with Crippen molar-refractivity contribution in [2.75, 3.05) is 13.1 Å². The molecule has 1 aliphatic heterocycles. The molecule has 1 aromatic heterocycles. The van der Waals surface area contributed by atoms with E-state index in [0.717, 1.165) is 27.1 Å². The molecule has 1 unspecified atom stereocenters. The maximum atomic E-state index is 12.5. The first kappa shape index (κ1) is 21.8. The zero-order valence-corrected chi connectivity index (χ0v) is 17.9. The van der Waals surface area contributed by atoms with Crippen LogP contribution < -0.4 is 10.6 Å². The lowest BCUT2D eigenvalue weighted by molar-refractivity contribution is -0.125. The number of hydrogen-bond acceptors (Lipinski definition) is 6. The molecule has 1 fully saturated rings. The van der Waals surface area contributed by atoms with Crippen LogP contribution in [0.1, 0.15) is 29.8 Å². The summed E-state index contributed by atoms with van der Waals surface area (Å²) in [4.78, 5) is 50.9. The van der Waals surface area contributed by atoms with Gasteiger partial charge in [0.1, 0.15) is 0 Å². The van der Waals surface area contributed by atoms with Crippen LogP contribution in [0, 0.1) is 0 Å². The Balaban J connectivity index is 1.52. The van der Waals surface area contributed by atoms with Gasteiger partial charge in [-0.05, 0) is 34.8 Å². The Bertz CT molecular complexity index is 958. The summed E-state index contributed by atoms with van der Waals surface area (Å²) in [6.07, 6.45) is 1.76. The summed E-state index contributed by atoms with van der Waals surface area (Å²) in [5.41, 5.74) is 0.826. The molecule has 4 amide bonds. The van der Waals surface area contributed by atoms with Crippen molar-refractivity contribution in [1.82, 2.24) is 15.5 Å². The predicted octanol–water partition coefficient (Wildman–Crippen LogP) is 3.17. The molecule has 7 nitrogen and oxygen atoms in total. The van der Waals surface area contributed by atoms with Gasteiger partial charge in [-0.2, -0.15) is 0 Å². The number of nitrogens with one attached hydrogen (secondary N) is 2. The van der Waals surface area contributed by atoms with Crippen molar-refractivity contribution in [3.63, 3.8) is 0 Å². The van der Waals surface area contributed by atoms with Gasteiger partial charge in [0.2, 0.25) is 11.8 Å². The van der Waals surface area contributed by atoms with E-state index in [-0.39, 0.29) is 42.5 Å². The lowest BCUT2D eigenvalue weighted by Gasteiger charge is -2.18.